The standard InChI is InChI=1S/C12H14N2/c1-12(2,13)10-5-6-11-9(8-10)4-3-7-14-11/h3-8H,13H2,1-2H3. The third-order valence-corrected chi connectivity index (χ3v) is 2.35. The highest BCUT2D eigenvalue weighted by Gasteiger charge is 2.13. The van der Waals surface area contributed by atoms with E-state index in [1.54, 1.807) is 6.20 Å². The molecule has 2 nitrogen and oxygen atoms in total. The minimum atomic E-state index is -0.288. The summed E-state index contributed by atoms with van der Waals surface area (Å²) in [4.78, 5) is 4.26. The number of benzene rings is 1. The van der Waals surface area contributed by atoms with Crippen LogP contribution in [-0.2, 0) is 5.54 Å². The molecule has 2 rings (SSSR count). The number of hydrogen-bond acceptors (Lipinski definition) is 2. The Kier molecular flexibility index (Phi) is 2.01. The molecule has 1 aromatic heterocycles. The van der Waals surface area contributed by atoms with E-state index in [2.05, 4.69) is 17.1 Å². The van der Waals surface area contributed by atoms with Crippen molar-refractivity contribution in [3.05, 3.63) is 42.1 Å². The zero-order chi connectivity index (χ0) is 10.2. The minimum absolute atomic E-state index is 0.288. The van der Waals surface area contributed by atoms with Crippen LogP contribution in [0.4, 0.5) is 0 Å². The predicted molar refractivity (Wildman–Crippen MR) is 59.0 cm³/mol. The molecule has 0 atom stereocenters. The van der Waals surface area contributed by atoms with Crippen LogP contribution in [0.3, 0.4) is 0 Å². The summed E-state index contributed by atoms with van der Waals surface area (Å²) in [5, 5.41) is 1.14. The van der Waals surface area contributed by atoms with E-state index < -0.39 is 0 Å². The summed E-state index contributed by atoms with van der Waals surface area (Å²) in [5.41, 5.74) is 7.89. The number of rotatable bonds is 1. The van der Waals surface area contributed by atoms with Gasteiger partial charge in [0.2, 0.25) is 0 Å². The molecular weight excluding hydrogens is 172 g/mol. The molecule has 0 spiro atoms. The van der Waals surface area contributed by atoms with Crippen LogP contribution in [0.1, 0.15) is 19.4 Å². The lowest BCUT2D eigenvalue weighted by Crippen LogP contribution is -2.28. The molecule has 2 N–H and O–H groups in total. The highest BCUT2D eigenvalue weighted by Crippen LogP contribution is 2.21. The molecule has 0 aliphatic carbocycles. The Labute approximate surface area is 83.8 Å². The van der Waals surface area contributed by atoms with Gasteiger partial charge in [0.1, 0.15) is 0 Å². The monoisotopic (exact) mass is 186 g/mol. The molecule has 2 heteroatoms. The van der Waals surface area contributed by atoms with Crippen LogP contribution < -0.4 is 5.73 Å². The van der Waals surface area contributed by atoms with Crippen LogP contribution in [0.5, 0.6) is 0 Å². The van der Waals surface area contributed by atoms with Crippen molar-refractivity contribution in [3.8, 4) is 0 Å². The van der Waals surface area contributed by atoms with Crippen LogP contribution in [0, 0.1) is 0 Å². The normalized spacial score (nSPS) is 11.9. The number of pyridine rings is 1. The second-order valence-corrected chi connectivity index (χ2v) is 4.13. The minimum Gasteiger partial charge on any atom is -0.322 e. The summed E-state index contributed by atoms with van der Waals surface area (Å²) in [6.45, 7) is 4.01. The Morgan fingerprint density at radius 3 is 2.71 bits per heavy atom. The number of hydrogen-bond donors (Lipinski definition) is 1. The topological polar surface area (TPSA) is 38.9 Å². The molecular formula is C12H14N2. The van der Waals surface area contributed by atoms with Crippen molar-refractivity contribution < 1.29 is 0 Å². The van der Waals surface area contributed by atoms with Gasteiger partial charge in [-0.2, -0.15) is 0 Å². The number of aromatic nitrogens is 1. The van der Waals surface area contributed by atoms with Crippen molar-refractivity contribution in [1.29, 1.82) is 0 Å². The molecule has 72 valence electrons. The highest BCUT2D eigenvalue weighted by molar-refractivity contribution is 5.79. The number of fused-ring (bicyclic) bond motifs is 1. The van der Waals surface area contributed by atoms with Gasteiger partial charge >= 0.3 is 0 Å². The number of nitrogens with zero attached hydrogens (tertiary/aromatic N) is 1. The van der Waals surface area contributed by atoms with Crippen molar-refractivity contribution >= 4 is 10.9 Å². The summed E-state index contributed by atoms with van der Waals surface area (Å²) in [6, 6.07) is 10.1. The first-order valence-electron chi connectivity index (χ1n) is 4.71. The van der Waals surface area contributed by atoms with E-state index >= 15 is 0 Å². The first-order chi connectivity index (χ1) is 6.57. The fourth-order valence-corrected chi connectivity index (χ4v) is 1.48. The van der Waals surface area contributed by atoms with Crippen molar-refractivity contribution in [2.24, 2.45) is 5.73 Å². The van der Waals surface area contributed by atoms with Gasteiger partial charge in [0.05, 0.1) is 5.52 Å². The van der Waals surface area contributed by atoms with Crippen LogP contribution in [0.25, 0.3) is 10.9 Å². The second kappa shape index (κ2) is 3.07. The van der Waals surface area contributed by atoms with Crippen LogP contribution in [0.15, 0.2) is 36.5 Å². The van der Waals surface area contributed by atoms with E-state index in [9.17, 15) is 0 Å². The van der Waals surface area contributed by atoms with E-state index in [0.29, 0.717) is 0 Å². The molecule has 0 amide bonds. The largest absolute Gasteiger partial charge is 0.322 e. The summed E-state index contributed by atoms with van der Waals surface area (Å²) in [7, 11) is 0. The third-order valence-electron chi connectivity index (χ3n) is 2.35. The average molecular weight is 186 g/mol. The van der Waals surface area contributed by atoms with Crippen molar-refractivity contribution in [2.75, 3.05) is 0 Å². The Bertz CT molecular complexity index is 455. The van der Waals surface area contributed by atoms with Gasteiger partial charge in [-0.3, -0.25) is 4.98 Å². The molecule has 0 aliphatic heterocycles. The molecule has 1 aromatic carbocycles. The van der Waals surface area contributed by atoms with Crippen LogP contribution >= 0.6 is 0 Å². The van der Waals surface area contributed by atoms with E-state index in [-0.39, 0.29) is 5.54 Å². The molecule has 14 heavy (non-hydrogen) atoms. The lowest BCUT2D eigenvalue weighted by atomic mass is 9.94. The quantitative estimate of drug-likeness (QED) is 0.742. The van der Waals surface area contributed by atoms with Gasteiger partial charge in [0, 0.05) is 17.1 Å². The molecule has 0 radical (unpaired) electrons. The fraction of sp³-hybridized carbons (Fsp3) is 0.250. The second-order valence-electron chi connectivity index (χ2n) is 4.13. The maximum absolute atomic E-state index is 6.03. The average Bonchev–Trinajstić information content (AvgIpc) is 2.16. The van der Waals surface area contributed by atoms with E-state index in [0.717, 1.165) is 16.5 Å². The fourth-order valence-electron chi connectivity index (χ4n) is 1.48. The lowest BCUT2D eigenvalue weighted by molar-refractivity contribution is 0.555. The van der Waals surface area contributed by atoms with Gasteiger partial charge in [-0.25, -0.2) is 0 Å². The molecule has 0 fully saturated rings. The predicted octanol–water partition coefficient (Wildman–Crippen LogP) is 2.43. The maximum atomic E-state index is 6.03. The molecule has 0 saturated carbocycles. The van der Waals surface area contributed by atoms with Crippen LogP contribution in [0.2, 0.25) is 0 Å². The highest BCUT2D eigenvalue weighted by atomic mass is 14.7. The van der Waals surface area contributed by atoms with Crippen LogP contribution in [-0.4, -0.2) is 4.98 Å². The summed E-state index contributed by atoms with van der Waals surface area (Å²) >= 11 is 0. The molecule has 0 bridgehead atoms. The van der Waals surface area contributed by atoms with Gasteiger partial charge in [-0.1, -0.05) is 12.1 Å². The summed E-state index contributed by atoms with van der Waals surface area (Å²) in [6.07, 6.45) is 1.80. The Morgan fingerprint density at radius 1 is 1.21 bits per heavy atom. The Balaban J connectivity index is 2.63. The molecule has 2 aromatic rings. The van der Waals surface area contributed by atoms with Gasteiger partial charge in [0.25, 0.3) is 0 Å². The van der Waals surface area contributed by atoms with Gasteiger partial charge in [0.15, 0.2) is 0 Å². The first kappa shape index (κ1) is 9.16. The number of nitrogens with two attached hydrogens (primary N) is 1. The van der Waals surface area contributed by atoms with Gasteiger partial charge in [-0.05, 0) is 37.6 Å². The Hall–Kier alpha value is -1.41. The molecule has 0 saturated heterocycles. The third kappa shape index (κ3) is 1.61. The molecule has 1 heterocycles. The van der Waals surface area contributed by atoms with Gasteiger partial charge in [-0.15, -0.1) is 0 Å². The Morgan fingerprint density at radius 2 is 2.00 bits per heavy atom. The molecule has 0 unspecified atom stereocenters. The summed E-state index contributed by atoms with van der Waals surface area (Å²) < 4.78 is 0. The lowest BCUT2D eigenvalue weighted by Gasteiger charge is -2.19. The van der Waals surface area contributed by atoms with E-state index in [1.807, 2.05) is 32.0 Å². The van der Waals surface area contributed by atoms with Crippen molar-refractivity contribution in [1.82, 2.24) is 4.98 Å². The maximum Gasteiger partial charge on any atom is 0.0702 e. The van der Waals surface area contributed by atoms with Gasteiger partial charge < -0.3 is 5.73 Å². The summed E-state index contributed by atoms with van der Waals surface area (Å²) in [5.74, 6) is 0. The smallest absolute Gasteiger partial charge is 0.0702 e. The first-order valence-corrected chi connectivity index (χ1v) is 4.71. The molecule has 0 aliphatic rings. The van der Waals surface area contributed by atoms with Crippen molar-refractivity contribution in [3.63, 3.8) is 0 Å². The zero-order valence-electron chi connectivity index (χ0n) is 8.49. The van der Waals surface area contributed by atoms with E-state index in [1.165, 1.54) is 0 Å². The van der Waals surface area contributed by atoms with E-state index in [4.69, 9.17) is 5.73 Å². The van der Waals surface area contributed by atoms with Crippen molar-refractivity contribution in [2.45, 2.75) is 19.4 Å². The SMILES string of the molecule is CC(C)(N)c1ccc2ncccc2c1. The zero-order valence-corrected chi connectivity index (χ0v) is 8.49.